The molecule has 1 aromatic heterocycles. The van der Waals surface area contributed by atoms with Gasteiger partial charge in [-0.3, -0.25) is 0 Å². The summed E-state index contributed by atoms with van der Waals surface area (Å²) in [6.07, 6.45) is 8.25. The van der Waals surface area contributed by atoms with Gasteiger partial charge >= 0.3 is 0 Å². The van der Waals surface area contributed by atoms with Crippen LogP contribution in [0.1, 0.15) is 44.5 Å². The fourth-order valence-corrected chi connectivity index (χ4v) is 7.14. The molecule has 0 unspecified atom stereocenters. The third-order valence-corrected chi connectivity index (χ3v) is 8.94. The van der Waals surface area contributed by atoms with Gasteiger partial charge in [0, 0.05) is 44.4 Å². The van der Waals surface area contributed by atoms with Crippen molar-refractivity contribution in [1.82, 2.24) is 4.98 Å². The topological polar surface area (TPSA) is 89.6 Å². The maximum Gasteiger partial charge on any atom is 0.155 e. The molecule has 5 aromatic rings. The molecule has 0 amide bonds. The number of hydrogen-bond donors (Lipinski definition) is 2. The summed E-state index contributed by atoms with van der Waals surface area (Å²) in [5.74, 6) is 1.20. The van der Waals surface area contributed by atoms with Crippen LogP contribution in [0.5, 0.6) is 0 Å². The van der Waals surface area contributed by atoms with Crippen molar-refractivity contribution in [3.8, 4) is 0 Å². The summed E-state index contributed by atoms with van der Waals surface area (Å²) < 4.78 is 0. The summed E-state index contributed by atoms with van der Waals surface area (Å²) in [4.78, 5) is 14.8. The zero-order chi connectivity index (χ0) is 26.5. The minimum Gasteiger partial charge on any atom is -0.398 e. The highest BCUT2D eigenvalue weighted by atomic mass is 15.0. The van der Waals surface area contributed by atoms with Gasteiger partial charge in [0.1, 0.15) is 0 Å². The molecule has 0 saturated heterocycles. The van der Waals surface area contributed by atoms with E-state index < -0.39 is 0 Å². The molecule has 0 saturated carbocycles. The number of allylic oxidation sites excluding steroid dienone is 2. The third kappa shape index (κ3) is 2.94. The number of aliphatic imine (C=N–C) groups is 2. The number of rotatable bonds is 2. The zero-order valence-electron chi connectivity index (χ0n) is 21.8. The smallest absolute Gasteiger partial charge is 0.155 e. The monoisotopic (exact) mass is 515 g/mol. The molecule has 190 valence electrons. The lowest BCUT2D eigenvalue weighted by molar-refractivity contribution is 1.02. The fraction of sp³-hybridized carbons (Fsp3) is 0.114. The molecule has 5 heteroatoms. The van der Waals surface area contributed by atoms with E-state index in [0.29, 0.717) is 11.6 Å². The number of hydrogen-bond acceptors (Lipinski definition) is 5. The van der Waals surface area contributed by atoms with E-state index >= 15 is 0 Å². The van der Waals surface area contributed by atoms with E-state index in [4.69, 9.17) is 26.4 Å². The highest BCUT2D eigenvalue weighted by Gasteiger charge is 2.25. The quantitative estimate of drug-likeness (QED) is 0.283. The first-order valence-electron chi connectivity index (χ1n) is 13.9. The molecule has 4 aliphatic rings. The Morgan fingerprint density at radius 2 is 0.875 bits per heavy atom. The predicted octanol–water partition coefficient (Wildman–Crippen LogP) is 6.45. The molecule has 4 N–H and O–H groups in total. The number of nitrogens with zero attached hydrogens (tertiary/aromatic N) is 3. The van der Waals surface area contributed by atoms with Crippen LogP contribution in [0.2, 0.25) is 0 Å². The van der Waals surface area contributed by atoms with Crippen molar-refractivity contribution >= 4 is 56.0 Å². The molecule has 0 atom stereocenters. The molecular weight excluding hydrogens is 490 g/mol. The molecular formula is C35H25N5. The van der Waals surface area contributed by atoms with Crippen LogP contribution in [-0.4, -0.2) is 16.4 Å². The number of aryl methyl sites for hydroxylation is 4. The Morgan fingerprint density at radius 3 is 1.30 bits per heavy atom. The Morgan fingerprint density at radius 1 is 0.475 bits per heavy atom. The van der Waals surface area contributed by atoms with Crippen LogP contribution in [0.25, 0.3) is 32.9 Å². The molecule has 0 aliphatic heterocycles. The van der Waals surface area contributed by atoms with Gasteiger partial charge in [-0.25, -0.2) is 15.0 Å². The van der Waals surface area contributed by atoms with Crippen LogP contribution < -0.4 is 11.5 Å². The zero-order valence-corrected chi connectivity index (χ0v) is 21.8. The fourth-order valence-electron chi connectivity index (χ4n) is 7.14. The summed E-state index contributed by atoms with van der Waals surface area (Å²) in [5, 5.41) is 5.12. The summed E-state index contributed by atoms with van der Waals surface area (Å²) in [6, 6.07) is 23.4. The van der Waals surface area contributed by atoms with E-state index in [2.05, 4.69) is 48.5 Å². The van der Waals surface area contributed by atoms with Crippen molar-refractivity contribution in [1.29, 1.82) is 0 Å². The van der Waals surface area contributed by atoms with Crippen molar-refractivity contribution < 1.29 is 0 Å². The number of pyridine rings is 1. The molecule has 0 radical (unpaired) electrons. The van der Waals surface area contributed by atoms with E-state index in [0.717, 1.165) is 70.8 Å². The SMILES string of the molecule is NC1=CC(=Nc2cccc(N=C3C=C(N)c4ccc5c6c(ccc3c46)CC5)n2)c2ccc3c4c(ccc1c24)CC3. The third-order valence-electron chi connectivity index (χ3n) is 8.94. The second kappa shape index (κ2) is 7.76. The van der Waals surface area contributed by atoms with Gasteiger partial charge in [0.25, 0.3) is 0 Å². The van der Waals surface area contributed by atoms with Gasteiger partial charge in [0.15, 0.2) is 11.6 Å². The van der Waals surface area contributed by atoms with Gasteiger partial charge in [0.05, 0.1) is 11.4 Å². The van der Waals surface area contributed by atoms with Gasteiger partial charge in [0.2, 0.25) is 0 Å². The lowest BCUT2D eigenvalue weighted by Gasteiger charge is -2.19. The van der Waals surface area contributed by atoms with Crippen LogP contribution >= 0.6 is 0 Å². The summed E-state index contributed by atoms with van der Waals surface area (Å²) in [5.41, 5.74) is 26.2. The molecule has 40 heavy (non-hydrogen) atoms. The average molecular weight is 516 g/mol. The van der Waals surface area contributed by atoms with Gasteiger partial charge in [-0.15, -0.1) is 0 Å². The van der Waals surface area contributed by atoms with Crippen LogP contribution in [-0.2, 0) is 25.7 Å². The van der Waals surface area contributed by atoms with Crippen LogP contribution in [0.4, 0.5) is 11.6 Å². The Balaban J connectivity index is 1.17. The number of benzene rings is 4. The molecule has 0 spiro atoms. The number of aromatic nitrogens is 1. The summed E-state index contributed by atoms with van der Waals surface area (Å²) >= 11 is 0. The van der Waals surface area contributed by atoms with E-state index in [1.807, 2.05) is 30.4 Å². The second-order valence-electron chi connectivity index (χ2n) is 11.1. The highest BCUT2D eigenvalue weighted by Crippen LogP contribution is 2.41. The van der Waals surface area contributed by atoms with E-state index in [1.165, 1.54) is 43.8 Å². The Labute approximate surface area is 231 Å². The average Bonchev–Trinajstić information content (AvgIpc) is 3.59. The van der Waals surface area contributed by atoms with E-state index in [-0.39, 0.29) is 0 Å². The van der Waals surface area contributed by atoms with Crippen molar-refractivity contribution in [3.05, 3.63) is 123 Å². The van der Waals surface area contributed by atoms with Gasteiger partial charge < -0.3 is 11.5 Å². The molecule has 0 bridgehead atoms. The van der Waals surface area contributed by atoms with Crippen molar-refractivity contribution in [2.75, 3.05) is 0 Å². The van der Waals surface area contributed by atoms with Crippen LogP contribution in [0.3, 0.4) is 0 Å². The van der Waals surface area contributed by atoms with E-state index in [1.54, 1.807) is 0 Å². The van der Waals surface area contributed by atoms with Gasteiger partial charge in [-0.1, -0.05) is 54.6 Å². The minimum atomic E-state index is 0.599. The molecule has 4 aliphatic carbocycles. The lowest BCUT2D eigenvalue weighted by atomic mass is 9.88. The first kappa shape index (κ1) is 21.9. The van der Waals surface area contributed by atoms with Gasteiger partial charge in [-0.05, 0) is 83.0 Å². The molecule has 5 nitrogen and oxygen atoms in total. The van der Waals surface area contributed by atoms with Crippen LogP contribution in [0.15, 0.2) is 88.9 Å². The van der Waals surface area contributed by atoms with Crippen molar-refractivity contribution in [2.24, 2.45) is 21.5 Å². The second-order valence-corrected chi connectivity index (χ2v) is 11.1. The minimum absolute atomic E-state index is 0.599. The largest absolute Gasteiger partial charge is 0.398 e. The summed E-state index contributed by atoms with van der Waals surface area (Å²) in [6.45, 7) is 0. The van der Waals surface area contributed by atoms with Gasteiger partial charge in [-0.2, -0.15) is 0 Å². The molecule has 0 fully saturated rings. The normalized spacial score (nSPS) is 18.2. The predicted molar refractivity (Wildman–Crippen MR) is 164 cm³/mol. The summed E-state index contributed by atoms with van der Waals surface area (Å²) in [7, 11) is 0. The van der Waals surface area contributed by atoms with Crippen molar-refractivity contribution in [3.63, 3.8) is 0 Å². The number of nitrogens with two attached hydrogens (primary N) is 2. The molecule has 9 rings (SSSR count). The Bertz CT molecular complexity index is 1960. The maximum absolute atomic E-state index is 6.56. The standard InChI is InChI=1S/C35H25N5/c36-26-16-28(24-14-10-20-6-4-18-8-12-22(26)34(24)32(18)20)38-30-2-1-3-31(40-30)39-29-17-27(37)23-13-9-19-5-7-21-11-15-25(29)35(23)33(19)21/h1-3,8-17H,4-7,36-37H2. The van der Waals surface area contributed by atoms with Crippen LogP contribution in [0, 0.1) is 0 Å². The highest BCUT2D eigenvalue weighted by molar-refractivity contribution is 6.26. The lowest BCUT2D eigenvalue weighted by Crippen LogP contribution is -2.11. The first-order valence-corrected chi connectivity index (χ1v) is 13.9. The molecule has 4 aromatic carbocycles. The Kier molecular flexibility index (Phi) is 4.24. The first-order chi connectivity index (χ1) is 19.6. The maximum atomic E-state index is 6.56. The van der Waals surface area contributed by atoms with Crippen molar-refractivity contribution in [2.45, 2.75) is 25.7 Å². The Hall–Kier alpha value is -5.03. The van der Waals surface area contributed by atoms with E-state index in [9.17, 15) is 0 Å². The molecule has 1 heterocycles.